The highest BCUT2D eigenvalue weighted by atomic mass is 28.3. The molecule has 1 heteroatoms. The van der Waals surface area contributed by atoms with Crippen LogP contribution in [0.2, 0.25) is 0 Å². The molecule has 17 heavy (non-hydrogen) atoms. The van der Waals surface area contributed by atoms with E-state index in [1.54, 1.807) is 10.4 Å². The van der Waals surface area contributed by atoms with Gasteiger partial charge in [0.1, 0.15) is 8.80 Å². The van der Waals surface area contributed by atoms with E-state index < -0.39 is 8.80 Å². The SMILES string of the molecule is C1=CCC([Si](C2=CC=CC2)c2ccccc2)=C1. The van der Waals surface area contributed by atoms with Crippen molar-refractivity contribution in [2.24, 2.45) is 0 Å². The molecular formula is C16H15Si. The lowest BCUT2D eigenvalue weighted by Crippen LogP contribution is -2.34. The number of hydrogen-bond donors (Lipinski definition) is 0. The predicted molar refractivity (Wildman–Crippen MR) is 75.5 cm³/mol. The molecule has 0 bridgehead atoms. The molecule has 2 aliphatic carbocycles. The van der Waals surface area contributed by atoms with Crippen LogP contribution in [0.15, 0.2) is 77.2 Å². The summed E-state index contributed by atoms with van der Waals surface area (Å²) >= 11 is 0. The molecule has 2 aliphatic rings. The summed E-state index contributed by atoms with van der Waals surface area (Å²) < 4.78 is 0. The minimum absolute atomic E-state index is 0.680. The van der Waals surface area contributed by atoms with Crippen LogP contribution in [-0.4, -0.2) is 8.80 Å². The molecule has 0 unspecified atom stereocenters. The fourth-order valence-electron chi connectivity index (χ4n) is 2.45. The van der Waals surface area contributed by atoms with E-state index in [-0.39, 0.29) is 0 Å². The van der Waals surface area contributed by atoms with Gasteiger partial charge in [-0.05, 0) is 12.8 Å². The first-order valence-electron chi connectivity index (χ1n) is 6.09. The van der Waals surface area contributed by atoms with Crippen molar-refractivity contribution in [3.8, 4) is 0 Å². The van der Waals surface area contributed by atoms with Gasteiger partial charge in [0.05, 0.1) is 0 Å². The topological polar surface area (TPSA) is 0 Å². The van der Waals surface area contributed by atoms with E-state index >= 15 is 0 Å². The Morgan fingerprint density at radius 1 is 0.765 bits per heavy atom. The second kappa shape index (κ2) is 4.72. The molecule has 0 saturated carbocycles. The molecule has 0 heterocycles. The Morgan fingerprint density at radius 2 is 1.35 bits per heavy atom. The Labute approximate surface area is 104 Å². The van der Waals surface area contributed by atoms with Gasteiger partial charge in [0.2, 0.25) is 0 Å². The summed E-state index contributed by atoms with van der Waals surface area (Å²) in [5.41, 5.74) is 0. The molecule has 0 N–H and O–H groups in total. The Bertz CT molecular complexity index is 488. The van der Waals surface area contributed by atoms with Crippen molar-refractivity contribution >= 4 is 14.0 Å². The van der Waals surface area contributed by atoms with Crippen LogP contribution in [0, 0.1) is 0 Å². The first-order valence-corrected chi connectivity index (χ1v) is 7.59. The highest BCUT2D eigenvalue weighted by Crippen LogP contribution is 2.23. The molecule has 1 aromatic carbocycles. The van der Waals surface area contributed by atoms with Gasteiger partial charge in [0.15, 0.2) is 0 Å². The molecular weight excluding hydrogens is 220 g/mol. The molecule has 0 spiro atoms. The lowest BCUT2D eigenvalue weighted by Gasteiger charge is -2.18. The van der Waals surface area contributed by atoms with Gasteiger partial charge in [-0.2, -0.15) is 0 Å². The molecule has 0 nitrogen and oxygen atoms in total. The molecule has 1 aromatic rings. The zero-order valence-corrected chi connectivity index (χ0v) is 10.8. The standard InChI is InChI=1S/C16H15Si/c1-2-8-14(9-3-1)17(15-10-4-5-11-15)16-12-6-7-13-16/h1-10,12H,11,13H2. The van der Waals surface area contributed by atoms with Gasteiger partial charge in [-0.3, -0.25) is 0 Å². The molecule has 1 radical (unpaired) electrons. The number of rotatable bonds is 3. The van der Waals surface area contributed by atoms with Crippen molar-refractivity contribution in [2.75, 3.05) is 0 Å². The summed E-state index contributed by atoms with van der Waals surface area (Å²) in [6.07, 6.45) is 15.9. The van der Waals surface area contributed by atoms with Crippen LogP contribution in [0.4, 0.5) is 0 Å². The molecule has 0 aliphatic heterocycles. The smallest absolute Gasteiger partial charge is 0.0808 e. The maximum Gasteiger partial charge on any atom is 0.146 e. The molecule has 0 aromatic heterocycles. The van der Waals surface area contributed by atoms with Crippen molar-refractivity contribution in [3.05, 3.63) is 77.2 Å². The minimum Gasteiger partial charge on any atom is -0.0808 e. The first kappa shape index (κ1) is 10.5. The average molecular weight is 235 g/mol. The second-order valence-corrected chi connectivity index (χ2v) is 7.00. The summed E-state index contributed by atoms with van der Waals surface area (Å²) in [5, 5.41) is 4.76. The summed E-state index contributed by atoms with van der Waals surface area (Å²) in [7, 11) is -0.680. The zero-order chi connectivity index (χ0) is 11.5. The van der Waals surface area contributed by atoms with Crippen LogP contribution < -0.4 is 5.19 Å². The normalized spacial score (nSPS) is 17.7. The highest BCUT2D eigenvalue weighted by Gasteiger charge is 2.24. The maximum atomic E-state index is 2.32. The van der Waals surface area contributed by atoms with Crippen LogP contribution in [-0.2, 0) is 0 Å². The average Bonchev–Trinajstić information content (AvgIpc) is 3.04. The van der Waals surface area contributed by atoms with E-state index in [9.17, 15) is 0 Å². The molecule has 0 fully saturated rings. The van der Waals surface area contributed by atoms with Crippen molar-refractivity contribution in [1.29, 1.82) is 0 Å². The molecule has 83 valence electrons. The lowest BCUT2D eigenvalue weighted by atomic mass is 10.4. The van der Waals surface area contributed by atoms with Crippen molar-refractivity contribution in [2.45, 2.75) is 12.8 Å². The van der Waals surface area contributed by atoms with E-state index in [1.165, 1.54) is 5.19 Å². The van der Waals surface area contributed by atoms with Crippen LogP contribution in [0.1, 0.15) is 12.8 Å². The third-order valence-corrected chi connectivity index (χ3v) is 6.18. The van der Waals surface area contributed by atoms with Gasteiger partial charge >= 0.3 is 0 Å². The van der Waals surface area contributed by atoms with Crippen molar-refractivity contribution in [3.63, 3.8) is 0 Å². The molecule has 0 atom stereocenters. The highest BCUT2D eigenvalue weighted by molar-refractivity contribution is 6.86. The number of allylic oxidation sites excluding steroid dienone is 8. The van der Waals surface area contributed by atoms with Gasteiger partial charge in [-0.15, -0.1) is 0 Å². The second-order valence-electron chi connectivity index (χ2n) is 4.39. The molecule has 0 amide bonds. The maximum absolute atomic E-state index is 2.32. The van der Waals surface area contributed by atoms with E-state index in [4.69, 9.17) is 0 Å². The van der Waals surface area contributed by atoms with Crippen LogP contribution in [0.25, 0.3) is 0 Å². The van der Waals surface area contributed by atoms with Crippen LogP contribution in [0.3, 0.4) is 0 Å². The van der Waals surface area contributed by atoms with E-state index in [0.29, 0.717) is 0 Å². The number of benzene rings is 1. The fourth-order valence-corrected chi connectivity index (χ4v) is 5.30. The summed E-state index contributed by atoms with van der Waals surface area (Å²) in [4.78, 5) is 0. The van der Waals surface area contributed by atoms with Gasteiger partial charge in [0, 0.05) is 0 Å². The van der Waals surface area contributed by atoms with Crippen LogP contribution in [0.5, 0.6) is 0 Å². The fraction of sp³-hybridized carbons (Fsp3) is 0.125. The monoisotopic (exact) mass is 235 g/mol. The van der Waals surface area contributed by atoms with Crippen molar-refractivity contribution in [1.82, 2.24) is 0 Å². The van der Waals surface area contributed by atoms with E-state index in [1.807, 2.05) is 0 Å². The molecule has 3 rings (SSSR count). The summed E-state index contributed by atoms with van der Waals surface area (Å²) in [6, 6.07) is 11.0. The third-order valence-electron chi connectivity index (χ3n) is 3.25. The van der Waals surface area contributed by atoms with E-state index in [0.717, 1.165) is 12.8 Å². The Morgan fingerprint density at radius 3 is 1.82 bits per heavy atom. The Hall–Kier alpha value is -1.60. The van der Waals surface area contributed by atoms with E-state index in [2.05, 4.69) is 66.8 Å². The third kappa shape index (κ3) is 2.11. The zero-order valence-electron chi connectivity index (χ0n) is 9.77. The quantitative estimate of drug-likeness (QED) is 0.706. The Balaban J connectivity index is 1.97. The number of hydrogen-bond acceptors (Lipinski definition) is 0. The Kier molecular flexibility index (Phi) is 2.93. The lowest BCUT2D eigenvalue weighted by molar-refractivity contribution is 1.34. The largest absolute Gasteiger partial charge is 0.146 e. The summed E-state index contributed by atoms with van der Waals surface area (Å²) in [5.74, 6) is 0. The predicted octanol–water partition coefficient (Wildman–Crippen LogP) is 3.24. The van der Waals surface area contributed by atoms with Gasteiger partial charge < -0.3 is 0 Å². The van der Waals surface area contributed by atoms with Gasteiger partial charge in [0.25, 0.3) is 0 Å². The van der Waals surface area contributed by atoms with Crippen molar-refractivity contribution < 1.29 is 0 Å². The summed E-state index contributed by atoms with van der Waals surface area (Å²) in [6.45, 7) is 0. The van der Waals surface area contributed by atoms with Crippen LogP contribution >= 0.6 is 0 Å². The first-order chi connectivity index (χ1) is 8.45. The van der Waals surface area contributed by atoms with Gasteiger partial charge in [-0.1, -0.05) is 82.4 Å². The van der Waals surface area contributed by atoms with Gasteiger partial charge in [-0.25, -0.2) is 0 Å². The molecule has 0 saturated heterocycles. The minimum atomic E-state index is -0.680.